The molecule has 0 saturated heterocycles. The molecule has 0 fully saturated rings. The van der Waals surface area contributed by atoms with E-state index in [2.05, 4.69) is 9.71 Å². The lowest BCUT2D eigenvalue weighted by Crippen LogP contribution is -2.14. The van der Waals surface area contributed by atoms with Gasteiger partial charge in [-0.15, -0.1) is 11.3 Å². The minimum absolute atomic E-state index is 0.144. The molecule has 2 aromatic carbocycles. The van der Waals surface area contributed by atoms with Crippen LogP contribution in [-0.4, -0.2) is 10.9 Å². The molecule has 0 aliphatic carbocycles. The Morgan fingerprint density at radius 3 is 2.88 bits per heavy atom. The van der Waals surface area contributed by atoms with Crippen molar-refractivity contribution in [3.05, 3.63) is 69.1 Å². The maximum Gasteiger partial charge on any atom is 0.272 e. The molecular formula is C18H16ClN3OS2. The van der Waals surface area contributed by atoms with Crippen LogP contribution in [0.5, 0.6) is 0 Å². The molecule has 0 radical (unpaired) electrons. The van der Waals surface area contributed by atoms with Gasteiger partial charge in [0.15, 0.2) is 0 Å². The van der Waals surface area contributed by atoms with Crippen molar-refractivity contribution in [2.45, 2.75) is 12.7 Å². The van der Waals surface area contributed by atoms with Crippen molar-refractivity contribution in [1.29, 1.82) is 0 Å². The predicted molar refractivity (Wildman–Crippen MR) is 107 cm³/mol. The average molecular weight is 390 g/mol. The smallest absolute Gasteiger partial charge is 0.272 e. The van der Waals surface area contributed by atoms with Gasteiger partial charge in [0.1, 0.15) is 4.88 Å². The summed E-state index contributed by atoms with van der Waals surface area (Å²) < 4.78 is 2.80. The third kappa shape index (κ3) is 4.15. The van der Waals surface area contributed by atoms with Crippen molar-refractivity contribution in [2.75, 3.05) is 5.73 Å². The minimum atomic E-state index is -0.144. The molecule has 0 unspecified atom stereocenters. The highest BCUT2D eigenvalue weighted by atomic mass is 35.5. The first kappa shape index (κ1) is 17.8. The summed E-state index contributed by atoms with van der Waals surface area (Å²) in [7, 11) is 0. The van der Waals surface area contributed by atoms with Gasteiger partial charge in [0.25, 0.3) is 5.91 Å². The first-order valence-electron chi connectivity index (χ1n) is 7.51. The molecule has 128 valence electrons. The number of halogens is 1. The zero-order valence-electron chi connectivity index (χ0n) is 13.5. The highest BCUT2D eigenvalue weighted by Crippen LogP contribution is 2.33. The molecule has 3 rings (SSSR count). The fourth-order valence-corrected chi connectivity index (χ4v) is 4.08. The van der Waals surface area contributed by atoms with Crippen LogP contribution < -0.4 is 10.5 Å². The number of hydrogen-bond donors (Lipinski definition) is 2. The number of aromatic nitrogens is 1. The molecule has 3 aromatic rings. The average Bonchev–Trinajstić information content (AvgIpc) is 3.11. The molecule has 1 aromatic heterocycles. The number of aryl methyl sites for hydroxylation is 1. The Morgan fingerprint density at radius 2 is 2.20 bits per heavy atom. The summed E-state index contributed by atoms with van der Waals surface area (Å²) in [5, 5.41) is 0.707. The summed E-state index contributed by atoms with van der Waals surface area (Å²) in [6.45, 7) is 2.02. The lowest BCUT2D eigenvalue weighted by molar-refractivity contribution is 0.0988. The number of carbonyl (C=O) groups excluding carboxylic acids is 1. The van der Waals surface area contributed by atoms with E-state index in [1.54, 1.807) is 11.7 Å². The maximum atomic E-state index is 11.9. The third-order valence-corrected chi connectivity index (χ3v) is 5.58. The third-order valence-electron chi connectivity index (χ3n) is 3.71. The Kier molecular flexibility index (Phi) is 5.63. The van der Waals surface area contributed by atoms with E-state index in [0.29, 0.717) is 21.3 Å². The number of benzene rings is 2. The summed E-state index contributed by atoms with van der Waals surface area (Å²) in [5.74, 6) is 0.437. The Hall–Kier alpha value is -2.02. The van der Waals surface area contributed by atoms with Gasteiger partial charge >= 0.3 is 0 Å². The maximum absolute atomic E-state index is 11.9. The summed E-state index contributed by atoms with van der Waals surface area (Å²) >= 11 is 8.94. The van der Waals surface area contributed by atoms with E-state index < -0.39 is 0 Å². The molecule has 4 nitrogen and oxygen atoms in total. The summed E-state index contributed by atoms with van der Waals surface area (Å²) in [4.78, 5) is 16.4. The van der Waals surface area contributed by atoms with Crippen LogP contribution in [0.15, 0.2) is 48.1 Å². The largest absolute Gasteiger partial charge is 0.398 e. The SMILES string of the molecule is Cc1cccc(Cl)c1-c1ccc(CSNC(=O)c2cncs2)c(N)c1. The van der Waals surface area contributed by atoms with Gasteiger partial charge in [-0.05, 0) is 47.7 Å². The summed E-state index contributed by atoms with van der Waals surface area (Å²) in [6.07, 6.45) is 1.55. The van der Waals surface area contributed by atoms with Crippen molar-refractivity contribution < 1.29 is 4.79 Å². The molecule has 0 saturated carbocycles. The van der Waals surface area contributed by atoms with Crippen LogP contribution >= 0.6 is 34.9 Å². The highest BCUT2D eigenvalue weighted by molar-refractivity contribution is 7.97. The van der Waals surface area contributed by atoms with Gasteiger partial charge in [-0.1, -0.05) is 35.9 Å². The number of nitrogens with one attached hydrogen (secondary N) is 1. The highest BCUT2D eigenvalue weighted by Gasteiger charge is 2.10. The van der Waals surface area contributed by atoms with Gasteiger partial charge in [0.2, 0.25) is 0 Å². The first-order chi connectivity index (χ1) is 12.1. The first-order valence-corrected chi connectivity index (χ1v) is 9.75. The fourth-order valence-electron chi connectivity index (χ4n) is 2.44. The number of anilines is 1. The van der Waals surface area contributed by atoms with Crippen molar-refractivity contribution in [1.82, 2.24) is 9.71 Å². The Labute approximate surface area is 159 Å². The van der Waals surface area contributed by atoms with E-state index in [0.717, 1.165) is 22.3 Å². The number of nitrogen functional groups attached to an aromatic ring is 1. The van der Waals surface area contributed by atoms with Crippen LogP contribution in [0, 0.1) is 6.92 Å². The van der Waals surface area contributed by atoms with Crippen molar-refractivity contribution in [2.24, 2.45) is 0 Å². The molecule has 0 aliphatic heterocycles. The van der Waals surface area contributed by atoms with Crippen LogP contribution in [0.4, 0.5) is 5.69 Å². The molecule has 7 heteroatoms. The van der Waals surface area contributed by atoms with Crippen LogP contribution in [0.2, 0.25) is 5.02 Å². The van der Waals surface area contributed by atoms with Crippen molar-refractivity contribution >= 4 is 46.5 Å². The Morgan fingerprint density at radius 1 is 1.36 bits per heavy atom. The zero-order chi connectivity index (χ0) is 17.8. The number of thiazole rings is 1. The topological polar surface area (TPSA) is 68.0 Å². The van der Waals surface area contributed by atoms with Crippen LogP contribution in [-0.2, 0) is 5.75 Å². The molecule has 25 heavy (non-hydrogen) atoms. The van der Waals surface area contributed by atoms with Gasteiger partial charge in [-0.3, -0.25) is 14.5 Å². The molecule has 1 amide bonds. The molecule has 0 bridgehead atoms. The molecule has 0 spiro atoms. The number of amides is 1. The van der Waals surface area contributed by atoms with Crippen molar-refractivity contribution in [3.63, 3.8) is 0 Å². The van der Waals surface area contributed by atoms with Crippen LogP contribution in [0.1, 0.15) is 20.8 Å². The zero-order valence-corrected chi connectivity index (χ0v) is 15.8. The van der Waals surface area contributed by atoms with Gasteiger partial charge in [0, 0.05) is 22.0 Å². The number of rotatable bonds is 5. The summed E-state index contributed by atoms with van der Waals surface area (Å²) in [6, 6.07) is 11.7. The van der Waals surface area contributed by atoms with E-state index >= 15 is 0 Å². The van der Waals surface area contributed by atoms with Gasteiger partial charge in [-0.2, -0.15) is 0 Å². The second-order valence-corrected chi connectivity index (χ2v) is 7.51. The molecule has 0 atom stereocenters. The van der Waals surface area contributed by atoms with E-state index in [1.807, 2.05) is 43.3 Å². The monoisotopic (exact) mass is 389 g/mol. The number of hydrogen-bond acceptors (Lipinski definition) is 5. The lowest BCUT2D eigenvalue weighted by atomic mass is 9.99. The van der Waals surface area contributed by atoms with Gasteiger partial charge in [0.05, 0.1) is 11.7 Å². The number of nitrogens with two attached hydrogens (primary N) is 1. The molecule has 0 aliphatic rings. The molecule has 3 N–H and O–H groups in total. The van der Waals surface area contributed by atoms with Crippen molar-refractivity contribution in [3.8, 4) is 11.1 Å². The minimum Gasteiger partial charge on any atom is -0.398 e. The lowest BCUT2D eigenvalue weighted by Gasteiger charge is -2.12. The second-order valence-electron chi connectivity index (χ2n) is 5.43. The van der Waals surface area contributed by atoms with E-state index in [4.69, 9.17) is 17.3 Å². The second kappa shape index (κ2) is 7.91. The van der Waals surface area contributed by atoms with Gasteiger partial charge < -0.3 is 5.73 Å². The predicted octanol–water partition coefficient (Wildman–Crippen LogP) is 4.93. The standard InChI is InChI=1S/C18H16ClN3OS2/c1-11-3-2-4-14(19)17(11)12-5-6-13(15(20)7-12)9-25-22-18(23)16-8-21-10-24-16/h2-8,10H,9,20H2,1H3,(H,22,23). The Balaban J connectivity index is 1.69. The van der Waals surface area contributed by atoms with E-state index in [1.165, 1.54) is 23.3 Å². The van der Waals surface area contributed by atoms with E-state index in [-0.39, 0.29) is 5.91 Å². The Bertz CT molecular complexity index is 877. The number of nitrogens with zero attached hydrogens (tertiary/aromatic N) is 1. The molecule has 1 heterocycles. The summed E-state index contributed by atoms with van der Waals surface area (Å²) in [5.41, 5.74) is 12.5. The quantitative estimate of drug-likeness (QED) is 0.479. The van der Waals surface area contributed by atoms with Crippen LogP contribution in [0.3, 0.4) is 0 Å². The van der Waals surface area contributed by atoms with E-state index in [9.17, 15) is 4.79 Å². The van der Waals surface area contributed by atoms with Gasteiger partial charge in [-0.25, -0.2) is 0 Å². The normalized spacial score (nSPS) is 10.6. The number of carbonyl (C=O) groups is 1. The van der Waals surface area contributed by atoms with Crippen LogP contribution in [0.25, 0.3) is 11.1 Å². The fraction of sp³-hybridized carbons (Fsp3) is 0.111. The molecular weight excluding hydrogens is 374 g/mol.